The number of carbonyl (C=O) groups is 1. The fourth-order valence-corrected chi connectivity index (χ4v) is 5.86. The van der Waals surface area contributed by atoms with E-state index in [2.05, 4.69) is 5.32 Å². The molecular weight excluding hydrogens is 527 g/mol. The van der Waals surface area contributed by atoms with Crippen molar-refractivity contribution in [3.05, 3.63) is 53.8 Å². The van der Waals surface area contributed by atoms with Gasteiger partial charge in [-0.1, -0.05) is 0 Å². The quantitative estimate of drug-likeness (QED) is 0.395. The van der Waals surface area contributed by atoms with Gasteiger partial charge in [-0.25, -0.2) is 26.3 Å². The van der Waals surface area contributed by atoms with Crippen molar-refractivity contribution in [3.63, 3.8) is 0 Å². The van der Waals surface area contributed by atoms with E-state index in [4.69, 9.17) is 4.74 Å². The van der Waals surface area contributed by atoms with Crippen molar-refractivity contribution in [3.8, 4) is 0 Å². The fraction of sp³-hybridized carbons (Fsp3) is 0.480. The van der Waals surface area contributed by atoms with E-state index >= 15 is 8.78 Å². The number of hydrogen-bond donors (Lipinski definition) is 2. The monoisotopic (exact) mass is 559 g/mol. The number of benzene rings is 2. The van der Waals surface area contributed by atoms with Crippen LogP contribution >= 0.6 is 11.8 Å². The van der Waals surface area contributed by atoms with Crippen LogP contribution in [0.25, 0.3) is 0 Å². The van der Waals surface area contributed by atoms with Crippen molar-refractivity contribution >= 4 is 33.4 Å². The maximum Gasteiger partial charge on any atom is 0.265 e. The molecule has 0 aliphatic carbocycles. The third-order valence-electron chi connectivity index (χ3n) is 6.04. The molecule has 2 atom stereocenters. The molecule has 0 bridgehead atoms. The predicted octanol–water partition coefficient (Wildman–Crippen LogP) is 4.39. The molecule has 3 rings (SSSR count). The van der Waals surface area contributed by atoms with Gasteiger partial charge in [-0.2, -0.15) is 0 Å². The highest BCUT2D eigenvalue weighted by atomic mass is 32.2. The number of thioether (sulfide) groups is 1. The minimum Gasteiger partial charge on any atom is -0.377 e. The van der Waals surface area contributed by atoms with E-state index in [1.54, 1.807) is 12.1 Å². The summed E-state index contributed by atoms with van der Waals surface area (Å²) in [6, 6.07) is 6.90. The molecule has 7 nitrogen and oxygen atoms in total. The lowest BCUT2D eigenvalue weighted by atomic mass is 9.95. The number of sulfonamides is 1. The van der Waals surface area contributed by atoms with E-state index in [1.807, 2.05) is 23.7 Å². The van der Waals surface area contributed by atoms with Crippen molar-refractivity contribution in [2.75, 3.05) is 38.3 Å². The van der Waals surface area contributed by atoms with E-state index in [-0.39, 0.29) is 11.9 Å². The van der Waals surface area contributed by atoms with Crippen molar-refractivity contribution in [1.29, 1.82) is 0 Å². The van der Waals surface area contributed by atoms with Crippen LogP contribution < -0.4 is 10.0 Å². The van der Waals surface area contributed by atoms with Crippen molar-refractivity contribution in [2.45, 2.75) is 54.0 Å². The first-order valence-electron chi connectivity index (χ1n) is 11.9. The highest BCUT2D eigenvalue weighted by molar-refractivity contribution is 7.99. The zero-order valence-electron chi connectivity index (χ0n) is 21.0. The molecule has 2 aromatic carbocycles. The second-order valence-electron chi connectivity index (χ2n) is 9.43. The van der Waals surface area contributed by atoms with Gasteiger partial charge in [-0.15, -0.1) is 11.8 Å². The lowest BCUT2D eigenvalue weighted by Crippen LogP contribution is -2.50. The Bertz CT molecular complexity index is 1170. The van der Waals surface area contributed by atoms with Crippen LogP contribution in [0.4, 0.5) is 18.9 Å². The van der Waals surface area contributed by atoms with Gasteiger partial charge in [-0.05, 0) is 89.6 Å². The summed E-state index contributed by atoms with van der Waals surface area (Å²) in [6.45, 7) is 2.44. The molecule has 12 heteroatoms. The molecule has 0 spiro atoms. The van der Waals surface area contributed by atoms with Gasteiger partial charge in [0.05, 0.1) is 4.90 Å². The van der Waals surface area contributed by atoms with Gasteiger partial charge in [0.1, 0.15) is 17.1 Å². The Morgan fingerprint density at radius 3 is 2.35 bits per heavy atom. The Balaban J connectivity index is 1.75. The number of nitrogens with one attached hydrogen (secondary N) is 2. The van der Waals surface area contributed by atoms with Crippen molar-refractivity contribution in [1.82, 2.24) is 9.62 Å². The molecule has 1 fully saturated rings. The first kappa shape index (κ1) is 29.3. The number of carbonyl (C=O) groups excluding carboxylic acids is 1. The molecule has 0 aromatic heterocycles. The number of halogens is 3. The Morgan fingerprint density at radius 1 is 1.14 bits per heavy atom. The molecule has 1 aliphatic heterocycles. The van der Waals surface area contributed by atoms with Gasteiger partial charge in [0.25, 0.3) is 15.9 Å². The van der Waals surface area contributed by atoms with Crippen molar-refractivity contribution < 1.29 is 31.1 Å². The van der Waals surface area contributed by atoms with Crippen LogP contribution in [-0.2, 0) is 19.6 Å². The summed E-state index contributed by atoms with van der Waals surface area (Å²) in [4.78, 5) is 14.6. The predicted molar refractivity (Wildman–Crippen MR) is 138 cm³/mol. The zero-order chi connectivity index (χ0) is 27.2. The number of nitrogens with zero attached hydrogens (tertiary/aromatic N) is 1. The van der Waals surface area contributed by atoms with Crippen LogP contribution in [0.15, 0.2) is 46.2 Å². The molecular formula is C25H32F3N3O4S2. The topological polar surface area (TPSA) is 87.7 Å². The first-order valence-corrected chi connectivity index (χ1v) is 14.4. The molecule has 37 heavy (non-hydrogen) atoms. The lowest BCUT2D eigenvalue weighted by Gasteiger charge is -2.32. The maximum atomic E-state index is 15.0. The lowest BCUT2D eigenvalue weighted by molar-refractivity contribution is -0.148. The number of hydrogen-bond acceptors (Lipinski definition) is 7. The zero-order valence-corrected chi connectivity index (χ0v) is 22.7. The Morgan fingerprint density at radius 2 is 1.78 bits per heavy atom. The van der Waals surface area contributed by atoms with E-state index < -0.39 is 43.7 Å². The molecule has 0 radical (unpaired) electrons. The highest BCUT2D eigenvalue weighted by Gasteiger charge is 2.38. The van der Waals surface area contributed by atoms with Gasteiger partial charge in [0.2, 0.25) is 0 Å². The minimum atomic E-state index is -4.54. The Labute approximate surface area is 220 Å². The fourth-order valence-electron chi connectivity index (χ4n) is 3.79. The molecule has 2 N–H and O–H groups in total. The third-order valence-corrected chi connectivity index (χ3v) is 8.53. The van der Waals surface area contributed by atoms with Crippen LogP contribution in [0.2, 0.25) is 0 Å². The number of amides is 1. The summed E-state index contributed by atoms with van der Waals surface area (Å²) >= 11 is 1.40. The van der Waals surface area contributed by atoms with Gasteiger partial charge >= 0.3 is 0 Å². The summed E-state index contributed by atoms with van der Waals surface area (Å²) in [7, 11) is -0.791. The average Bonchev–Trinajstić information content (AvgIpc) is 2.83. The summed E-state index contributed by atoms with van der Waals surface area (Å²) in [6.07, 6.45) is 2.33. The number of rotatable bonds is 11. The van der Waals surface area contributed by atoms with E-state index in [9.17, 15) is 17.6 Å². The van der Waals surface area contributed by atoms with Gasteiger partial charge in [0.15, 0.2) is 11.6 Å². The molecule has 1 aliphatic rings. The van der Waals surface area contributed by atoms with Crippen LogP contribution in [0.3, 0.4) is 0 Å². The highest BCUT2D eigenvalue weighted by Crippen LogP contribution is 2.28. The second kappa shape index (κ2) is 12.5. The largest absolute Gasteiger partial charge is 0.377 e. The van der Waals surface area contributed by atoms with E-state index in [1.165, 1.54) is 30.8 Å². The first-order chi connectivity index (χ1) is 17.4. The maximum absolute atomic E-state index is 15.0. The van der Waals surface area contributed by atoms with Crippen LogP contribution in [0, 0.1) is 17.5 Å². The third kappa shape index (κ3) is 8.10. The molecule has 1 heterocycles. The molecule has 1 unspecified atom stereocenters. The van der Waals surface area contributed by atoms with Crippen LogP contribution in [-0.4, -0.2) is 63.9 Å². The summed E-state index contributed by atoms with van der Waals surface area (Å²) in [5, 5.41) is 2.86. The smallest absolute Gasteiger partial charge is 0.265 e. The molecule has 1 amide bonds. The summed E-state index contributed by atoms with van der Waals surface area (Å²) in [5.74, 6) is -3.02. The number of ether oxygens (including phenoxy) is 1. The molecule has 1 saturated heterocycles. The Kier molecular flexibility index (Phi) is 9.90. The Hall–Kier alpha value is -2.28. The van der Waals surface area contributed by atoms with Crippen LogP contribution in [0.5, 0.6) is 0 Å². The average molecular weight is 560 g/mol. The van der Waals surface area contributed by atoms with Gasteiger partial charge in [0, 0.05) is 23.3 Å². The summed E-state index contributed by atoms with van der Waals surface area (Å²) in [5.41, 5.74) is -1.79. The van der Waals surface area contributed by atoms with Crippen LogP contribution in [0.1, 0.15) is 32.6 Å². The molecule has 2 aromatic rings. The summed E-state index contributed by atoms with van der Waals surface area (Å²) < 4.78 is 76.1. The minimum absolute atomic E-state index is 0.321. The standard InChI is InChI=1S/C25H32F3N3O4S2/c1-25(11-4-5-13-35-25)24(32)30-37(33,34)20-14-21(27)23(22(28)15-20)29-18(10-12-31(2)3)16-36-19-8-6-17(26)7-9-19/h6-9,14-15,18,29H,4-5,10-13,16H2,1-3H3,(H,30,32)/t18-,25?/m1/s1. The van der Waals surface area contributed by atoms with Gasteiger partial charge in [-0.3, -0.25) is 4.79 Å². The molecule has 0 saturated carbocycles. The van der Waals surface area contributed by atoms with E-state index in [0.717, 1.165) is 11.3 Å². The van der Waals surface area contributed by atoms with Crippen molar-refractivity contribution in [2.24, 2.45) is 0 Å². The second-order valence-corrected chi connectivity index (χ2v) is 12.2. The number of anilines is 1. The van der Waals surface area contributed by atoms with E-state index in [0.29, 0.717) is 50.3 Å². The SMILES string of the molecule is CN(C)CC[C@H](CSc1ccc(F)cc1)Nc1c(F)cc(S(=O)(=O)NC(=O)C2(C)CCCCO2)cc1F. The molecule has 204 valence electrons. The normalized spacial score (nSPS) is 19.0. The van der Waals surface area contributed by atoms with Gasteiger partial charge < -0.3 is 15.0 Å².